The molecule has 154 valence electrons. The lowest BCUT2D eigenvalue weighted by Crippen LogP contribution is -2.03. The topological polar surface area (TPSA) is 4.93 Å². The molecule has 1 nitrogen and oxygen atoms in total. The first kappa shape index (κ1) is 21.6. The Bertz CT molecular complexity index is 1290. The van der Waals surface area contributed by atoms with Crippen molar-refractivity contribution in [3.8, 4) is 0 Å². The van der Waals surface area contributed by atoms with Crippen molar-refractivity contribution in [1.82, 2.24) is 4.57 Å². The molecule has 0 saturated carbocycles. The molecule has 1 unspecified atom stereocenters. The Morgan fingerprint density at radius 1 is 0.700 bits per heavy atom. The zero-order valence-electron chi connectivity index (χ0n) is 16.5. The summed E-state index contributed by atoms with van der Waals surface area (Å²) in [7, 11) is 0. The van der Waals surface area contributed by atoms with Crippen LogP contribution in [0.1, 0.15) is 52.3 Å². The van der Waals surface area contributed by atoms with Crippen LogP contribution in [0.2, 0.25) is 0 Å². The molecule has 0 bridgehead atoms. The molecule has 0 fully saturated rings. The lowest BCUT2D eigenvalue weighted by atomic mass is 9.97. The Kier molecular flexibility index (Phi) is 6.31. The van der Waals surface area contributed by atoms with Crippen LogP contribution in [0, 0.1) is 0 Å². The second kappa shape index (κ2) is 8.75. The number of benzene rings is 4. The third-order valence-corrected chi connectivity index (χ3v) is 6.08. The number of rotatable bonds is 4. The van der Waals surface area contributed by atoms with E-state index in [0.29, 0.717) is 6.04 Å². The van der Waals surface area contributed by atoms with E-state index in [9.17, 15) is 0 Å². The summed E-state index contributed by atoms with van der Waals surface area (Å²) >= 11 is 0. The Morgan fingerprint density at radius 3 is 2.17 bits per heavy atom. The monoisotopic (exact) mass is 395 g/mol. The van der Waals surface area contributed by atoms with Gasteiger partial charge in [0.25, 0.3) is 0 Å². The van der Waals surface area contributed by atoms with Crippen LogP contribution in [-0.4, -0.2) is 4.57 Å². The van der Waals surface area contributed by atoms with Crippen molar-refractivity contribution in [1.29, 1.82) is 0 Å². The highest BCUT2D eigenvalue weighted by atomic mass is 15.0. The van der Waals surface area contributed by atoms with Crippen LogP contribution in [0.15, 0.2) is 84.9 Å². The third-order valence-electron chi connectivity index (χ3n) is 6.08. The minimum atomic E-state index is 0. The number of hydrogen-bond acceptors (Lipinski definition) is 0. The van der Waals surface area contributed by atoms with Gasteiger partial charge in [-0.1, -0.05) is 88.5 Å². The summed E-state index contributed by atoms with van der Waals surface area (Å²) in [5.41, 5.74) is 5.45. The van der Waals surface area contributed by atoms with Gasteiger partial charge in [-0.25, -0.2) is 0 Å². The fraction of sp³-hybridized carbons (Fsp3) is 0.241. The minimum absolute atomic E-state index is 0. The van der Waals surface area contributed by atoms with E-state index in [1.54, 1.807) is 0 Å². The van der Waals surface area contributed by atoms with Gasteiger partial charge in [0.15, 0.2) is 0 Å². The molecule has 0 amide bonds. The van der Waals surface area contributed by atoms with E-state index in [4.69, 9.17) is 0 Å². The molecule has 0 radical (unpaired) electrons. The Morgan fingerprint density at radius 2 is 1.37 bits per heavy atom. The van der Waals surface area contributed by atoms with E-state index in [2.05, 4.69) is 103 Å². The summed E-state index contributed by atoms with van der Waals surface area (Å²) < 4.78 is 2.51. The molecule has 1 atom stereocenters. The predicted octanol–water partition coefficient (Wildman–Crippen LogP) is 8.78. The molecule has 0 N–H and O–H groups in total. The van der Waals surface area contributed by atoms with Gasteiger partial charge in [0.05, 0.1) is 0 Å². The van der Waals surface area contributed by atoms with Crippen molar-refractivity contribution >= 4 is 32.6 Å². The highest BCUT2D eigenvalue weighted by molar-refractivity contribution is 6.08. The molecular weight excluding hydrogens is 362 g/mol. The van der Waals surface area contributed by atoms with Crippen molar-refractivity contribution in [3.63, 3.8) is 0 Å². The number of aromatic nitrogens is 1. The fourth-order valence-electron chi connectivity index (χ4n) is 4.48. The molecule has 0 aliphatic heterocycles. The first-order chi connectivity index (χ1) is 13.8. The molecule has 30 heavy (non-hydrogen) atoms. The zero-order chi connectivity index (χ0) is 19.1. The van der Waals surface area contributed by atoms with E-state index in [-0.39, 0.29) is 14.9 Å². The summed E-state index contributed by atoms with van der Waals surface area (Å²) in [6.45, 7) is 4.58. The maximum atomic E-state index is 2.51. The van der Waals surface area contributed by atoms with Gasteiger partial charge >= 0.3 is 0 Å². The SMILES string of the molecule is C.C.CCC(C)n1c2ccccc2c2cc(Cc3cccc4ccccc34)ccc21. The molecular formula is C29H33N. The van der Waals surface area contributed by atoms with Gasteiger partial charge in [-0.2, -0.15) is 0 Å². The maximum Gasteiger partial charge on any atom is 0.0494 e. The van der Waals surface area contributed by atoms with Gasteiger partial charge in [-0.15, -0.1) is 0 Å². The molecule has 1 heteroatoms. The van der Waals surface area contributed by atoms with Crippen LogP contribution in [-0.2, 0) is 6.42 Å². The number of hydrogen-bond donors (Lipinski definition) is 0. The molecule has 5 aromatic rings. The second-order valence-electron chi connectivity index (χ2n) is 7.81. The van der Waals surface area contributed by atoms with Crippen LogP contribution in [0.3, 0.4) is 0 Å². The largest absolute Gasteiger partial charge is 0.338 e. The van der Waals surface area contributed by atoms with Gasteiger partial charge in [0, 0.05) is 27.8 Å². The summed E-state index contributed by atoms with van der Waals surface area (Å²) in [5, 5.41) is 5.40. The van der Waals surface area contributed by atoms with E-state index < -0.39 is 0 Å². The molecule has 4 aromatic carbocycles. The highest BCUT2D eigenvalue weighted by Gasteiger charge is 2.14. The summed E-state index contributed by atoms with van der Waals surface area (Å²) in [6, 6.07) is 31.6. The molecule has 1 aromatic heterocycles. The second-order valence-corrected chi connectivity index (χ2v) is 7.81. The smallest absolute Gasteiger partial charge is 0.0494 e. The lowest BCUT2D eigenvalue weighted by molar-refractivity contribution is 0.563. The van der Waals surface area contributed by atoms with Gasteiger partial charge in [-0.3, -0.25) is 0 Å². The van der Waals surface area contributed by atoms with E-state index in [1.165, 1.54) is 43.7 Å². The van der Waals surface area contributed by atoms with E-state index >= 15 is 0 Å². The lowest BCUT2D eigenvalue weighted by Gasteiger charge is -2.15. The van der Waals surface area contributed by atoms with Crippen LogP contribution in [0.4, 0.5) is 0 Å². The molecule has 0 aliphatic rings. The quantitative estimate of drug-likeness (QED) is 0.286. The van der Waals surface area contributed by atoms with Gasteiger partial charge in [-0.05, 0) is 59.9 Å². The molecule has 5 rings (SSSR count). The fourth-order valence-corrected chi connectivity index (χ4v) is 4.48. The first-order valence-electron chi connectivity index (χ1n) is 10.2. The van der Waals surface area contributed by atoms with Gasteiger partial charge in [0.1, 0.15) is 0 Å². The van der Waals surface area contributed by atoms with Crippen LogP contribution in [0.25, 0.3) is 32.6 Å². The minimum Gasteiger partial charge on any atom is -0.338 e. The number of nitrogens with zero attached hydrogens (tertiary/aromatic N) is 1. The van der Waals surface area contributed by atoms with E-state index in [0.717, 1.165) is 12.8 Å². The molecule has 0 aliphatic carbocycles. The number of fused-ring (bicyclic) bond motifs is 4. The predicted molar refractivity (Wildman–Crippen MR) is 135 cm³/mol. The highest BCUT2D eigenvalue weighted by Crippen LogP contribution is 2.34. The zero-order valence-corrected chi connectivity index (χ0v) is 16.5. The summed E-state index contributed by atoms with van der Waals surface area (Å²) in [5.74, 6) is 0. The van der Waals surface area contributed by atoms with Gasteiger partial charge in [0.2, 0.25) is 0 Å². The first-order valence-corrected chi connectivity index (χ1v) is 10.2. The van der Waals surface area contributed by atoms with Crippen molar-refractivity contribution in [2.24, 2.45) is 0 Å². The standard InChI is InChI=1S/C27H25N.2CH4/c1-3-19(2)28-26-14-7-6-13-24(26)25-18-20(15-16-27(25)28)17-22-11-8-10-21-9-4-5-12-23(21)22;;/h4-16,18-19H,3,17H2,1-2H3;2*1H4. The van der Waals surface area contributed by atoms with Crippen molar-refractivity contribution < 1.29 is 0 Å². The Hall–Kier alpha value is -3.06. The maximum absolute atomic E-state index is 2.51. The average Bonchev–Trinajstić information content (AvgIpc) is 3.07. The van der Waals surface area contributed by atoms with Crippen LogP contribution < -0.4 is 0 Å². The number of para-hydroxylation sites is 1. The van der Waals surface area contributed by atoms with Gasteiger partial charge < -0.3 is 4.57 Å². The van der Waals surface area contributed by atoms with Crippen LogP contribution >= 0.6 is 0 Å². The van der Waals surface area contributed by atoms with Crippen molar-refractivity contribution in [3.05, 3.63) is 96.1 Å². The van der Waals surface area contributed by atoms with Crippen molar-refractivity contribution in [2.45, 2.75) is 47.6 Å². The molecule has 1 heterocycles. The third kappa shape index (κ3) is 3.50. The Labute approximate surface area is 181 Å². The van der Waals surface area contributed by atoms with E-state index in [1.807, 2.05) is 0 Å². The normalized spacial score (nSPS) is 11.9. The Balaban J connectivity index is 0.00000128. The molecule has 0 saturated heterocycles. The average molecular weight is 396 g/mol. The molecule has 0 spiro atoms. The summed E-state index contributed by atoms with van der Waals surface area (Å²) in [4.78, 5) is 0. The van der Waals surface area contributed by atoms with Crippen molar-refractivity contribution in [2.75, 3.05) is 0 Å². The van der Waals surface area contributed by atoms with Crippen LogP contribution in [0.5, 0.6) is 0 Å². The summed E-state index contributed by atoms with van der Waals surface area (Å²) in [6.07, 6.45) is 2.09.